The monoisotopic (exact) mass is 419 g/mol. The van der Waals surface area contributed by atoms with Gasteiger partial charge in [0, 0.05) is 63.5 Å². The van der Waals surface area contributed by atoms with Gasteiger partial charge in [-0.3, -0.25) is 0 Å². The first kappa shape index (κ1) is 21.9. The zero-order valence-electron chi connectivity index (χ0n) is 18.3. The standard InChI is InChI=1S/C20H33N7O3/c1-20(2,3)30-19(28)22-11-14-12-27(13-14)15-9-16(18(21)24-29)23-17(10-15)26-7-5-25(4)6-8-26/h9-10,14,29H,5-8,11-13H2,1-4H3,(H2,21,24)(H,22,28). The lowest BCUT2D eigenvalue weighted by atomic mass is 9.99. The molecule has 1 amide bonds. The topological polar surface area (TPSA) is 120 Å². The number of oxime groups is 1. The Hall–Kier alpha value is -2.75. The Bertz CT molecular complexity index is 779. The van der Waals surface area contributed by atoms with Crippen LogP contribution < -0.4 is 20.9 Å². The van der Waals surface area contributed by atoms with Crippen molar-refractivity contribution < 1.29 is 14.7 Å². The smallest absolute Gasteiger partial charge is 0.407 e. The molecule has 0 aliphatic carbocycles. The molecule has 10 heteroatoms. The minimum Gasteiger partial charge on any atom is -0.444 e. The lowest BCUT2D eigenvalue weighted by molar-refractivity contribution is 0.0516. The van der Waals surface area contributed by atoms with Gasteiger partial charge in [0.2, 0.25) is 0 Å². The minimum atomic E-state index is -0.503. The molecule has 0 saturated carbocycles. The van der Waals surface area contributed by atoms with E-state index >= 15 is 0 Å². The first-order valence-electron chi connectivity index (χ1n) is 10.3. The molecule has 0 spiro atoms. The first-order chi connectivity index (χ1) is 14.1. The number of alkyl carbamates (subject to hydrolysis) is 1. The summed E-state index contributed by atoms with van der Waals surface area (Å²) in [6, 6.07) is 3.89. The number of piperazine rings is 1. The number of hydrogen-bond donors (Lipinski definition) is 3. The molecule has 0 radical (unpaired) electrons. The predicted molar refractivity (Wildman–Crippen MR) is 116 cm³/mol. The molecule has 1 aromatic rings. The minimum absolute atomic E-state index is 0.00380. The fraction of sp³-hybridized carbons (Fsp3) is 0.650. The molecule has 2 saturated heterocycles. The van der Waals surface area contributed by atoms with Gasteiger partial charge in [-0.15, -0.1) is 0 Å². The number of hydrogen-bond acceptors (Lipinski definition) is 8. The van der Waals surface area contributed by atoms with E-state index in [1.165, 1.54) is 0 Å². The second-order valence-corrected chi connectivity index (χ2v) is 9.00. The number of amidine groups is 1. The van der Waals surface area contributed by atoms with Crippen LogP contribution >= 0.6 is 0 Å². The average molecular weight is 420 g/mol. The van der Waals surface area contributed by atoms with Gasteiger partial charge in [-0.1, -0.05) is 5.16 Å². The number of amides is 1. The second-order valence-electron chi connectivity index (χ2n) is 9.00. The fourth-order valence-corrected chi connectivity index (χ4v) is 3.52. The lowest BCUT2D eigenvalue weighted by Gasteiger charge is -2.42. The van der Waals surface area contributed by atoms with Gasteiger partial charge >= 0.3 is 6.09 Å². The zero-order chi connectivity index (χ0) is 21.9. The van der Waals surface area contributed by atoms with E-state index in [0.717, 1.165) is 50.8 Å². The molecule has 10 nitrogen and oxygen atoms in total. The third kappa shape index (κ3) is 5.65. The Labute approximate surface area is 177 Å². The van der Waals surface area contributed by atoms with E-state index < -0.39 is 11.7 Å². The van der Waals surface area contributed by atoms with Crippen LogP contribution in [0.4, 0.5) is 16.3 Å². The number of ether oxygens (including phenoxy) is 1. The molecule has 0 unspecified atom stereocenters. The summed E-state index contributed by atoms with van der Waals surface area (Å²) in [5.41, 5.74) is 6.77. The van der Waals surface area contributed by atoms with Crippen LogP contribution in [-0.4, -0.2) is 85.5 Å². The number of carbonyl (C=O) groups is 1. The highest BCUT2D eigenvalue weighted by molar-refractivity contribution is 5.96. The van der Waals surface area contributed by atoms with Gasteiger partial charge in [-0.25, -0.2) is 9.78 Å². The maximum atomic E-state index is 11.8. The molecule has 4 N–H and O–H groups in total. The van der Waals surface area contributed by atoms with Gasteiger partial charge < -0.3 is 35.7 Å². The van der Waals surface area contributed by atoms with Gasteiger partial charge in [-0.2, -0.15) is 0 Å². The molecule has 0 atom stereocenters. The number of likely N-dealkylation sites (N-methyl/N-ethyl adjacent to an activating group) is 1. The maximum absolute atomic E-state index is 11.8. The second kappa shape index (κ2) is 8.95. The maximum Gasteiger partial charge on any atom is 0.407 e. The highest BCUT2D eigenvalue weighted by Crippen LogP contribution is 2.28. The van der Waals surface area contributed by atoms with Gasteiger partial charge in [-0.05, 0) is 33.9 Å². The van der Waals surface area contributed by atoms with Crippen molar-refractivity contribution in [2.24, 2.45) is 16.8 Å². The average Bonchev–Trinajstić information content (AvgIpc) is 2.65. The number of rotatable bonds is 5. The van der Waals surface area contributed by atoms with E-state index in [9.17, 15) is 4.79 Å². The summed E-state index contributed by atoms with van der Waals surface area (Å²) < 4.78 is 5.28. The molecule has 2 aliphatic heterocycles. The van der Waals surface area contributed by atoms with E-state index in [1.54, 1.807) is 0 Å². The zero-order valence-corrected chi connectivity index (χ0v) is 18.3. The Morgan fingerprint density at radius 3 is 2.53 bits per heavy atom. The van der Waals surface area contributed by atoms with Crippen LogP contribution in [0.1, 0.15) is 26.5 Å². The number of nitrogens with zero attached hydrogens (tertiary/aromatic N) is 5. The summed E-state index contributed by atoms with van der Waals surface area (Å²) in [6.45, 7) is 11.4. The van der Waals surface area contributed by atoms with Crippen LogP contribution in [0, 0.1) is 5.92 Å². The summed E-state index contributed by atoms with van der Waals surface area (Å²) in [4.78, 5) is 23.1. The van der Waals surface area contributed by atoms with E-state index in [4.69, 9.17) is 15.7 Å². The van der Waals surface area contributed by atoms with E-state index in [2.05, 4.69) is 43.3 Å². The Morgan fingerprint density at radius 2 is 1.93 bits per heavy atom. The molecular formula is C20H33N7O3. The van der Waals surface area contributed by atoms with E-state index in [-0.39, 0.29) is 5.84 Å². The largest absolute Gasteiger partial charge is 0.444 e. The van der Waals surface area contributed by atoms with Crippen molar-refractivity contribution in [2.75, 3.05) is 62.7 Å². The number of nitrogens with one attached hydrogen (secondary N) is 1. The van der Waals surface area contributed by atoms with Crippen molar-refractivity contribution in [2.45, 2.75) is 26.4 Å². The van der Waals surface area contributed by atoms with Crippen LogP contribution in [0.2, 0.25) is 0 Å². The lowest BCUT2D eigenvalue weighted by Crippen LogP contribution is -2.52. The van der Waals surface area contributed by atoms with Crippen LogP contribution in [0.15, 0.2) is 17.3 Å². The molecule has 3 heterocycles. The molecule has 0 bridgehead atoms. The van der Waals surface area contributed by atoms with Gasteiger partial charge in [0.1, 0.15) is 17.1 Å². The molecule has 2 aliphatic rings. The molecule has 3 rings (SSSR count). The molecule has 2 fully saturated rings. The van der Waals surface area contributed by atoms with Crippen molar-refractivity contribution in [1.29, 1.82) is 0 Å². The van der Waals surface area contributed by atoms with Crippen LogP contribution in [0.25, 0.3) is 0 Å². The predicted octanol–water partition coefficient (Wildman–Crippen LogP) is 0.889. The van der Waals surface area contributed by atoms with E-state index in [0.29, 0.717) is 18.2 Å². The highest BCUT2D eigenvalue weighted by atomic mass is 16.6. The molecule has 0 aromatic carbocycles. The van der Waals surface area contributed by atoms with Crippen molar-refractivity contribution in [3.63, 3.8) is 0 Å². The summed E-state index contributed by atoms with van der Waals surface area (Å²) in [5.74, 6) is 1.17. The van der Waals surface area contributed by atoms with Gasteiger partial charge in [0.05, 0.1) is 0 Å². The first-order valence-corrected chi connectivity index (χ1v) is 10.3. The summed E-state index contributed by atoms with van der Waals surface area (Å²) >= 11 is 0. The van der Waals surface area contributed by atoms with Crippen molar-refractivity contribution >= 4 is 23.4 Å². The van der Waals surface area contributed by atoms with Crippen LogP contribution in [0.5, 0.6) is 0 Å². The molecular weight excluding hydrogens is 386 g/mol. The Morgan fingerprint density at radius 1 is 1.27 bits per heavy atom. The molecule has 166 valence electrons. The number of nitrogens with two attached hydrogens (primary N) is 1. The SMILES string of the molecule is CN1CCN(c2cc(N3CC(CNC(=O)OC(C)(C)C)C3)cc(/C(N)=N/O)n2)CC1. The number of anilines is 2. The Balaban J connectivity index is 1.63. The summed E-state index contributed by atoms with van der Waals surface area (Å²) in [6.07, 6.45) is -0.392. The normalized spacial score (nSPS) is 18.9. The van der Waals surface area contributed by atoms with Crippen LogP contribution in [0.3, 0.4) is 0 Å². The van der Waals surface area contributed by atoms with Crippen LogP contribution in [-0.2, 0) is 4.74 Å². The quantitative estimate of drug-likeness (QED) is 0.279. The van der Waals surface area contributed by atoms with Crippen molar-refractivity contribution in [1.82, 2.24) is 15.2 Å². The summed E-state index contributed by atoms with van der Waals surface area (Å²) in [7, 11) is 2.11. The van der Waals surface area contributed by atoms with Crippen molar-refractivity contribution in [3.8, 4) is 0 Å². The third-order valence-corrected chi connectivity index (χ3v) is 5.25. The van der Waals surface area contributed by atoms with E-state index in [1.807, 2.05) is 26.8 Å². The van der Waals surface area contributed by atoms with Gasteiger partial charge in [0.15, 0.2) is 5.84 Å². The summed E-state index contributed by atoms with van der Waals surface area (Å²) in [5, 5.41) is 15.1. The molecule has 30 heavy (non-hydrogen) atoms. The van der Waals surface area contributed by atoms with Crippen molar-refractivity contribution in [3.05, 3.63) is 17.8 Å². The number of pyridine rings is 1. The number of carbonyl (C=O) groups excluding carboxylic acids is 1. The van der Waals surface area contributed by atoms with Gasteiger partial charge in [0.25, 0.3) is 0 Å². The third-order valence-electron chi connectivity index (χ3n) is 5.25. The molecule has 1 aromatic heterocycles. The fourth-order valence-electron chi connectivity index (χ4n) is 3.52. The number of aromatic nitrogens is 1. The highest BCUT2D eigenvalue weighted by Gasteiger charge is 2.29. The Kier molecular flexibility index (Phi) is 6.55.